The normalized spacial score (nSPS) is 12.6. The van der Waals surface area contributed by atoms with Crippen LogP contribution in [-0.2, 0) is 9.53 Å². The van der Waals surface area contributed by atoms with Crippen LogP contribution in [-0.4, -0.2) is 21.8 Å². The molecule has 134 valence electrons. The molecule has 0 saturated carbocycles. The number of esters is 1. The molecule has 1 heterocycles. The zero-order valence-electron chi connectivity index (χ0n) is 13.6. The molecule has 0 aliphatic heterocycles. The molecule has 2 rings (SSSR count). The van der Waals surface area contributed by atoms with Crippen LogP contribution >= 0.6 is 46.3 Å². The second-order valence-corrected chi connectivity index (χ2v) is 8.38. The molecule has 0 aliphatic carbocycles. The van der Waals surface area contributed by atoms with Crippen molar-refractivity contribution in [2.45, 2.75) is 32.4 Å². The fourth-order valence-electron chi connectivity index (χ4n) is 1.89. The summed E-state index contributed by atoms with van der Waals surface area (Å²) in [5, 5.41) is 3.28. The first kappa shape index (κ1) is 20.0. The van der Waals surface area contributed by atoms with Gasteiger partial charge >= 0.3 is 5.97 Å². The molecular formula is C16H15Cl3N2O3S. The number of hydrogen-bond donors (Lipinski definition) is 1. The van der Waals surface area contributed by atoms with Crippen LogP contribution in [0.3, 0.4) is 0 Å². The third kappa shape index (κ3) is 5.31. The van der Waals surface area contributed by atoms with E-state index in [4.69, 9.17) is 39.5 Å². The van der Waals surface area contributed by atoms with E-state index < -0.39 is 23.5 Å². The second-order valence-electron chi connectivity index (χ2n) is 6.20. The summed E-state index contributed by atoms with van der Waals surface area (Å²) in [6, 6.07) is 6.43. The van der Waals surface area contributed by atoms with Gasteiger partial charge in [-0.15, -0.1) is 0 Å². The summed E-state index contributed by atoms with van der Waals surface area (Å²) in [5.74, 6) is -1.31. The molecule has 1 aromatic carbocycles. The average Bonchev–Trinajstić information content (AvgIpc) is 2.84. The van der Waals surface area contributed by atoms with Gasteiger partial charge in [-0.25, -0.2) is 4.79 Å². The van der Waals surface area contributed by atoms with Crippen molar-refractivity contribution in [2.24, 2.45) is 0 Å². The van der Waals surface area contributed by atoms with Crippen molar-refractivity contribution in [2.75, 3.05) is 0 Å². The standard InChI is InChI=1S/C16H15Cl3N2O3S/c1-16(2,3)20-14(22)12(8-4-6-9(17)7-5-8)24-15(23)11-10(18)13(19)25-21-11/h4-7,12H,1-3H3,(H,20,22). The minimum absolute atomic E-state index is 0.00255. The van der Waals surface area contributed by atoms with Crippen LogP contribution in [0.2, 0.25) is 14.4 Å². The lowest BCUT2D eigenvalue weighted by Gasteiger charge is -2.25. The van der Waals surface area contributed by atoms with Crippen LogP contribution in [0.5, 0.6) is 0 Å². The van der Waals surface area contributed by atoms with E-state index in [1.807, 2.05) is 20.8 Å². The lowest BCUT2D eigenvalue weighted by molar-refractivity contribution is -0.131. The van der Waals surface area contributed by atoms with E-state index in [-0.39, 0.29) is 15.1 Å². The molecule has 1 amide bonds. The van der Waals surface area contributed by atoms with Gasteiger partial charge < -0.3 is 10.1 Å². The Labute approximate surface area is 164 Å². The Kier molecular flexibility index (Phi) is 6.32. The largest absolute Gasteiger partial charge is 0.442 e. The van der Waals surface area contributed by atoms with Crippen LogP contribution in [0, 0.1) is 0 Å². The lowest BCUT2D eigenvalue weighted by Crippen LogP contribution is -2.44. The van der Waals surface area contributed by atoms with E-state index in [1.165, 1.54) is 0 Å². The predicted octanol–water partition coefficient (Wildman–Crippen LogP) is 4.92. The first-order valence-corrected chi connectivity index (χ1v) is 9.08. The monoisotopic (exact) mass is 420 g/mol. The van der Waals surface area contributed by atoms with Crippen LogP contribution < -0.4 is 5.32 Å². The molecule has 1 N–H and O–H groups in total. The van der Waals surface area contributed by atoms with Crippen LogP contribution in [0.15, 0.2) is 24.3 Å². The van der Waals surface area contributed by atoms with Crippen molar-refractivity contribution in [1.29, 1.82) is 0 Å². The summed E-state index contributed by atoms with van der Waals surface area (Å²) in [4.78, 5) is 25.0. The number of halogens is 3. The number of nitrogens with one attached hydrogen (secondary N) is 1. The molecule has 1 aromatic heterocycles. The topological polar surface area (TPSA) is 68.3 Å². The number of ether oxygens (including phenoxy) is 1. The molecule has 2 aromatic rings. The zero-order chi connectivity index (χ0) is 18.8. The maximum absolute atomic E-state index is 12.6. The number of carbonyl (C=O) groups is 2. The fourth-order valence-corrected chi connectivity index (χ4v) is 3.00. The number of amides is 1. The SMILES string of the molecule is CC(C)(C)NC(=O)C(OC(=O)c1nsc(Cl)c1Cl)c1ccc(Cl)cc1. The van der Waals surface area contributed by atoms with Gasteiger partial charge in [-0.2, -0.15) is 4.37 Å². The smallest absolute Gasteiger partial charge is 0.360 e. The van der Waals surface area contributed by atoms with Gasteiger partial charge in [0.1, 0.15) is 9.36 Å². The highest BCUT2D eigenvalue weighted by atomic mass is 35.5. The van der Waals surface area contributed by atoms with Crippen LogP contribution in [0.1, 0.15) is 42.9 Å². The average molecular weight is 422 g/mol. The van der Waals surface area contributed by atoms with Crippen molar-refractivity contribution >= 4 is 58.2 Å². The van der Waals surface area contributed by atoms with Gasteiger partial charge in [0.25, 0.3) is 5.91 Å². The molecule has 0 radical (unpaired) electrons. The maximum atomic E-state index is 12.6. The Balaban J connectivity index is 2.31. The molecule has 5 nitrogen and oxygen atoms in total. The van der Waals surface area contributed by atoms with Crippen molar-refractivity contribution in [1.82, 2.24) is 9.69 Å². The molecule has 0 saturated heterocycles. The van der Waals surface area contributed by atoms with Gasteiger partial charge in [-0.3, -0.25) is 4.79 Å². The molecular weight excluding hydrogens is 407 g/mol. The number of hydrogen-bond acceptors (Lipinski definition) is 5. The number of nitrogens with zero attached hydrogens (tertiary/aromatic N) is 1. The Morgan fingerprint density at radius 3 is 2.24 bits per heavy atom. The summed E-state index contributed by atoms with van der Waals surface area (Å²) in [5.41, 5.74) is -0.161. The van der Waals surface area contributed by atoms with Gasteiger partial charge in [0.15, 0.2) is 5.69 Å². The summed E-state index contributed by atoms with van der Waals surface area (Å²) in [7, 11) is 0. The highest BCUT2D eigenvalue weighted by Crippen LogP contribution is 2.31. The van der Waals surface area contributed by atoms with Gasteiger partial charge in [0.05, 0.1) is 0 Å². The van der Waals surface area contributed by atoms with Crippen molar-refractivity contribution in [3.63, 3.8) is 0 Å². The van der Waals surface area contributed by atoms with Gasteiger partial charge in [-0.05, 0) is 44.4 Å². The maximum Gasteiger partial charge on any atom is 0.360 e. The summed E-state index contributed by atoms with van der Waals surface area (Å²) < 4.78 is 9.41. The van der Waals surface area contributed by atoms with Crippen molar-refractivity contribution in [3.05, 3.63) is 49.9 Å². The van der Waals surface area contributed by atoms with Crippen molar-refractivity contribution < 1.29 is 14.3 Å². The van der Waals surface area contributed by atoms with Gasteiger partial charge in [0, 0.05) is 16.1 Å². The minimum atomic E-state index is -1.18. The Hall–Kier alpha value is -1.34. The predicted molar refractivity (Wildman–Crippen MR) is 99.6 cm³/mol. The Morgan fingerprint density at radius 1 is 1.16 bits per heavy atom. The summed E-state index contributed by atoms with van der Waals surface area (Å²) in [6.07, 6.45) is -1.18. The Bertz CT molecular complexity index is 785. The van der Waals surface area contributed by atoms with E-state index >= 15 is 0 Å². The quantitative estimate of drug-likeness (QED) is 0.712. The van der Waals surface area contributed by atoms with E-state index in [0.29, 0.717) is 10.6 Å². The molecule has 1 atom stereocenters. The molecule has 25 heavy (non-hydrogen) atoms. The highest BCUT2D eigenvalue weighted by Gasteiger charge is 2.30. The van der Waals surface area contributed by atoms with E-state index in [9.17, 15) is 9.59 Å². The van der Waals surface area contributed by atoms with Crippen LogP contribution in [0.25, 0.3) is 0 Å². The van der Waals surface area contributed by atoms with Gasteiger partial charge in [-0.1, -0.05) is 46.9 Å². The number of benzene rings is 1. The first-order chi connectivity index (χ1) is 11.6. The number of aromatic nitrogens is 1. The third-order valence-corrected chi connectivity index (χ3v) is 4.79. The Morgan fingerprint density at radius 2 is 1.76 bits per heavy atom. The van der Waals surface area contributed by atoms with E-state index in [0.717, 1.165) is 11.5 Å². The lowest BCUT2D eigenvalue weighted by atomic mass is 10.1. The van der Waals surface area contributed by atoms with Gasteiger partial charge in [0.2, 0.25) is 6.10 Å². The summed E-state index contributed by atoms with van der Waals surface area (Å²) in [6.45, 7) is 5.47. The minimum Gasteiger partial charge on any atom is -0.442 e. The fraction of sp³-hybridized carbons (Fsp3) is 0.312. The number of rotatable bonds is 4. The highest BCUT2D eigenvalue weighted by molar-refractivity contribution is 7.11. The molecule has 1 unspecified atom stereocenters. The molecule has 0 fully saturated rings. The van der Waals surface area contributed by atoms with Crippen molar-refractivity contribution in [3.8, 4) is 0 Å². The molecule has 9 heteroatoms. The molecule has 0 bridgehead atoms. The second kappa shape index (κ2) is 7.91. The summed E-state index contributed by atoms with van der Waals surface area (Å²) >= 11 is 18.5. The van der Waals surface area contributed by atoms with E-state index in [2.05, 4.69) is 9.69 Å². The zero-order valence-corrected chi connectivity index (χ0v) is 16.7. The third-order valence-electron chi connectivity index (χ3n) is 2.92. The molecule has 0 spiro atoms. The van der Waals surface area contributed by atoms with E-state index in [1.54, 1.807) is 24.3 Å². The van der Waals surface area contributed by atoms with Crippen LogP contribution in [0.4, 0.5) is 0 Å². The first-order valence-electron chi connectivity index (χ1n) is 7.17. The number of carbonyl (C=O) groups excluding carboxylic acids is 2. The molecule has 0 aliphatic rings.